The molecule has 1 aromatic heterocycles. The topological polar surface area (TPSA) is 74.6 Å². The molecule has 6 heteroatoms. The molecule has 158 valence electrons. The molecule has 0 saturated heterocycles. The fourth-order valence-electron chi connectivity index (χ4n) is 6.46. The highest BCUT2D eigenvalue weighted by Gasteiger charge is 2.55. The summed E-state index contributed by atoms with van der Waals surface area (Å²) in [4.78, 5) is 37.2. The molecule has 0 spiro atoms. The van der Waals surface area contributed by atoms with Crippen LogP contribution >= 0.6 is 0 Å². The molecule has 0 N–H and O–H groups in total. The zero-order chi connectivity index (χ0) is 20.8. The van der Waals surface area contributed by atoms with Gasteiger partial charge in [0.2, 0.25) is 5.78 Å². The lowest BCUT2D eigenvalue weighted by Gasteiger charge is -2.55. The van der Waals surface area contributed by atoms with E-state index in [0.29, 0.717) is 29.9 Å². The molecule has 6 nitrogen and oxygen atoms in total. The standard InChI is InChI=1S/C23H31NO5/c1-14-6-19(15(2)24(14)5-4-21(26)28-3)20(25)13-29-22(27)23-10-16-7-17(11-23)9-18(8-16)12-23/h6,16-18H,4-5,7-13H2,1-3H3. The second-order valence-electron chi connectivity index (χ2n) is 9.46. The van der Waals surface area contributed by atoms with Gasteiger partial charge in [-0.15, -0.1) is 0 Å². The first-order valence-corrected chi connectivity index (χ1v) is 10.8. The lowest BCUT2D eigenvalue weighted by molar-refractivity contribution is -0.170. The van der Waals surface area contributed by atoms with Gasteiger partial charge in [0.15, 0.2) is 6.61 Å². The van der Waals surface area contributed by atoms with Crippen LogP contribution in [0.3, 0.4) is 0 Å². The number of aromatic nitrogens is 1. The number of ketones is 1. The van der Waals surface area contributed by atoms with E-state index in [1.807, 2.05) is 24.5 Å². The smallest absolute Gasteiger partial charge is 0.312 e. The van der Waals surface area contributed by atoms with Crippen molar-refractivity contribution in [1.29, 1.82) is 0 Å². The van der Waals surface area contributed by atoms with E-state index in [1.165, 1.54) is 26.4 Å². The first kappa shape index (κ1) is 20.2. The van der Waals surface area contributed by atoms with Crippen molar-refractivity contribution in [2.24, 2.45) is 23.2 Å². The number of carbonyl (C=O) groups is 3. The average molecular weight is 402 g/mol. The molecule has 1 aromatic rings. The van der Waals surface area contributed by atoms with Crippen molar-refractivity contribution >= 4 is 17.7 Å². The third kappa shape index (κ3) is 3.74. The van der Waals surface area contributed by atoms with Crippen LogP contribution in [0, 0.1) is 37.0 Å². The molecule has 0 amide bonds. The molecule has 0 unspecified atom stereocenters. The highest BCUT2D eigenvalue weighted by molar-refractivity contribution is 5.99. The van der Waals surface area contributed by atoms with Gasteiger partial charge in [0.1, 0.15) is 0 Å². The van der Waals surface area contributed by atoms with Crippen LogP contribution in [0.15, 0.2) is 6.07 Å². The Bertz CT molecular complexity index is 801. The first-order chi connectivity index (χ1) is 13.8. The summed E-state index contributed by atoms with van der Waals surface area (Å²) in [5.41, 5.74) is 1.92. The minimum atomic E-state index is -0.341. The second-order valence-corrected chi connectivity index (χ2v) is 9.46. The van der Waals surface area contributed by atoms with E-state index in [1.54, 1.807) is 0 Å². The molecule has 1 heterocycles. The van der Waals surface area contributed by atoms with E-state index in [4.69, 9.17) is 9.47 Å². The van der Waals surface area contributed by atoms with E-state index in [9.17, 15) is 14.4 Å². The summed E-state index contributed by atoms with van der Waals surface area (Å²) in [5, 5.41) is 0. The van der Waals surface area contributed by atoms with Crippen LogP contribution in [0.5, 0.6) is 0 Å². The number of hydrogen-bond donors (Lipinski definition) is 0. The zero-order valence-corrected chi connectivity index (χ0v) is 17.7. The van der Waals surface area contributed by atoms with Crippen LogP contribution in [-0.2, 0) is 25.6 Å². The van der Waals surface area contributed by atoms with Gasteiger partial charge in [0.05, 0.1) is 18.9 Å². The van der Waals surface area contributed by atoms with Crippen molar-refractivity contribution in [2.75, 3.05) is 13.7 Å². The number of hydrogen-bond acceptors (Lipinski definition) is 5. The number of ether oxygens (including phenoxy) is 2. The fraction of sp³-hybridized carbons (Fsp3) is 0.696. The van der Waals surface area contributed by atoms with Gasteiger partial charge in [-0.05, 0) is 76.2 Å². The summed E-state index contributed by atoms with van der Waals surface area (Å²) in [7, 11) is 1.37. The normalized spacial score (nSPS) is 29.7. The van der Waals surface area contributed by atoms with Crippen LogP contribution in [-0.4, -0.2) is 36.0 Å². The quantitative estimate of drug-likeness (QED) is 0.515. The number of carbonyl (C=O) groups excluding carboxylic acids is 3. The number of methoxy groups -OCH3 is 1. The molecule has 4 saturated carbocycles. The number of nitrogens with zero attached hydrogens (tertiary/aromatic N) is 1. The molecule has 0 aliphatic heterocycles. The van der Waals surface area contributed by atoms with Crippen molar-refractivity contribution in [3.63, 3.8) is 0 Å². The van der Waals surface area contributed by atoms with Gasteiger partial charge in [-0.25, -0.2) is 0 Å². The number of rotatable bonds is 7. The molecular formula is C23H31NO5. The Morgan fingerprint density at radius 2 is 1.66 bits per heavy atom. The van der Waals surface area contributed by atoms with Crippen molar-refractivity contribution < 1.29 is 23.9 Å². The predicted octanol–water partition coefficient (Wildman–Crippen LogP) is 3.61. The van der Waals surface area contributed by atoms with Crippen molar-refractivity contribution in [1.82, 2.24) is 4.57 Å². The van der Waals surface area contributed by atoms with Gasteiger partial charge in [-0.3, -0.25) is 14.4 Å². The molecule has 4 aliphatic rings. The molecule has 4 aliphatic carbocycles. The molecule has 4 bridgehead atoms. The molecular weight excluding hydrogens is 370 g/mol. The van der Waals surface area contributed by atoms with Crippen LogP contribution in [0.25, 0.3) is 0 Å². The SMILES string of the molecule is COC(=O)CCn1c(C)cc(C(=O)COC(=O)C23CC4CC(CC(C4)C2)C3)c1C. The minimum absolute atomic E-state index is 0.163. The third-order valence-corrected chi connectivity index (χ3v) is 7.45. The van der Waals surface area contributed by atoms with Crippen LogP contribution in [0.2, 0.25) is 0 Å². The highest BCUT2D eigenvalue weighted by atomic mass is 16.5. The minimum Gasteiger partial charge on any atom is -0.469 e. The fourth-order valence-corrected chi connectivity index (χ4v) is 6.46. The third-order valence-electron chi connectivity index (χ3n) is 7.45. The van der Waals surface area contributed by atoms with Gasteiger partial charge in [-0.2, -0.15) is 0 Å². The van der Waals surface area contributed by atoms with Crippen molar-refractivity contribution in [3.8, 4) is 0 Å². The summed E-state index contributed by atoms with van der Waals surface area (Å²) in [6.07, 6.45) is 6.87. The van der Waals surface area contributed by atoms with E-state index in [0.717, 1.165) is 30.7 Å². The van der Waals surface area contributed by atoms with E-state index < -0.39 is 0 Å². The Morgan fingerprint density at radius 1 is 1.07 bits per heavy atom. The summed E-state index contributed by atoms with van der Waals surface area (Å²) in [5.74, 6) is 1.37. The maximum Gasteiger partial charge on any atom is 0.312 e. The number of Topliss-reactive ketones (excluding diaryl/α,β-unsaturated/α-hetero) is 1. The lowest BCUT2D eigenvalue weighted by atomic mass is 9.49. The molecule has 5 rings (SSSR count). The zero-order valence-electron chi connectivity index (χ0n) is 17.7. The second kappa shape index (κ2) is 7.62. The maximum atomic E-state index is 13.0. The van der Waals surface area contributed by atoms with Crippen LogP contribution in [0.4, 0.5) is 0 Å². The molecule has 0 aromatic carbocycles. The average Bonchev–Trinajstić information content (AvgIpc) is 2.96. The number of aryl methyl sites for hydroxylation is 1. The van der Waals surface area contributed by atoms with Crippen molar-refractivity contribution in [3.05, 3.63) is 23.0 Å². The molecule has 0 atom stereocenters. The summed E-state index contributed by atoms with van der Waals surface area (Å²) in [6.45, 7) is 4.02. The lowest BCUT2D eigenvalue weighted by Crippen LogP contribution is -2.50. The van der Waals surface area contributed by atoms with E-state index in [-0.39, 0.29) is 36.2 Å². The van der Waals surface area contributed by atoms with Gasteiger partial charge < -0.3 is 14.0 Å². The Balaban J connectivity index is 1.39. The van der Waals surface area contributed by atoms with E-state index in [2.05, 4.69) is 0 Å². The summed E-state index contributed by atoms with van der Waals surface area (Å²) < 4.78 is 12.2. The summed E-state index contributed by atoms with van der Waals surface area (Å²) >= 11 is 0. The maximum absolute atomic E-state index is 13.0. The van der Waals surface area contributed by atoms with Crippen molar-refractivity contribution in [2.45, 2.75) is 65.3 Å². The monoisotopic (exact) mass is 401 g/mol. The van der Waals surface area contributed by atoms with Gasteiger partial charge in [0.25, 0.3) is 0 Å². The Hall–Kier alpha value is -2.11. The predicted molar refractivity (Wildman–Crippen MR) is 106 cm³/mol. The Kier molecular flexibility index (Phi) is 5.30. The molecule has 4 fully saturated rings. The van der Waals surface area contributed by atoms with E-state index >= 15 is 0 Å². The Labute approximate surface area is 171 Å². The van der Waals surface area contributed by atoms with Crippen LogP contribution < -0.4 is 0 Å². The van der Waals surface area contributed by atoms with Gasteiger partial charge in [-0.1, -0.05) is 0 Å². The highest BCUT2D eigenvalue weighted by Crippen LogP contribution is 2.60. The van der Waals surface area contributed by atoms with Gasteiger partial charge in [0, 0.05) is 23.5 Å². The molecule has 29 heavy (non-hydrogen) atoms. The first-order valence-electron chi connectivity index (χ1n) is 10.8. The summed E-state index contributed by atoms with van der Waals surface area (Å²) in [6, 6.07) is 1.81. The largest absolute Gasteiger partial charge is 0.469 e. The Morgan fingerprint density at radius 3 is 2.21 bits per heavy atom. The van der Waals surface area contributed by atoms with Gasteiger partial charge >= 0.3 is 11.9 Å². The van der Waals surface area contributed by atoms with Crippen LogP contribution in [0.1, 0.15) is 66.7 Å². The molecule has 0 radical (unpaired) electrons. The number of esters is 2.